The van der Waals surface area contributed by atoms with Gasteiger partial charge in [-0.05, 0) is 41.5 Å². The van der Waals surface area contributed by atoms with Gasteiger partial charge in [-0.3, -0.25) is 9.20 Å². The number of hydrogen-bond donors (Lipinski definition) is 1. The van der Waals surface area contributed by atoms with Gasteiger partial charge in [0.1, 0.15) is 0 Å². The minimum absolute atomic E-state index is 0.137. The van der Waals surface area contributed by atoms with Crippen molar-refractivity contribution < 1.29 is 9.90 Å². The molecule has 24 heavy (non-hydrogen) atoms. The molecule has 1 N–H and O–H groups in total. The molecule has 0 fully saturated rings. The molecule has 0 saturated heterocycles. The molecule has 0 atom stereocenters. The minimum atomic E-state index is -1.04. The van der Waals surface area contributed by atoms with Crippen LogP contribution in [-0.2, 0) is 0 Å². The molecule has 0 radical (unpaired) electrons. The molecule has 0 saturated carbocycles. The Morgan fingerprint density at radius 3 is 2.58 bits per heavy atom. The van der Waals surface area contributed by atoms with Crippen LogP contribution in [0, 0.1) is 6.92 Å². The van der Waals surface area contributed by atoms with Gasteiger partial charge in [-0.25, -0.2) is 4.79 Å². The monoisotopic (exact) mass is 335 g/mol. The molecule has 5 heteroatoms. The fourth-order valence-corrected chi connectivity index (χ4v) is 3.85. The summed E-state index contributed by atoms with van der Waals surface area (Å²) in [6.45, 7) is 1.97. The van der Waals surface area contributed by atoms with Gasteiger partial charge in [-0.2, -0.15) is 0 Å². The van der Waals surface area contributed by atoms with Crippen molar-refractivity contribution in [2.24, 2.45) is 0 Å². The maximum Gasteiger partial charge on any atom is 0.337 e. The quantitative estimate of drug-likeness (QED) is 0.597. The second-order valence-electron chi connectivity index (χ2n) is 5.69. The smallest absolute Gasteiger partial charge is 0.337 e. The van der Waals surface area contributed by atoms with Crippen LogP contribution in [0.5, 0.6) is 0 Å². The van der Waals surface area contributed by atoms with Crippen LogP contribution in [-0.4, -0.2) is 15.5 Å². The van der Waals surface area contributed by atoms with E-state index in [2.05, 4.69) is 0 Å². The third-order valence-corrected chi connectivity index (χ3v) is 5.08. The molecule has 0 spiro atoms. The number of carboxylic acid groups (broad SMARTS) is 1. The number of aryl methyl sites for hydroxylation is 1. The van der Waals surface area contributed by atoms with Crippen LogP contribution in [0.2, 0.25) is 0 Å². The number of benzene rings is 1. The predicted octanol–water partition coefficient (Wildman–Crippen LogP) is 4.19. The second-order valence-corrected chi connectivity index (χ2v) is 6.60. The van der Waals surface area contributed by atoms with Crippen LogP contribution in [0.4, 0.5) is 0 Å². The number of nitrogens with zero attached hydrogens (tertiary/aromatic N) is 1. The Kier molecular flexibility index (Phi) is 3.25. The first-order valence-electron chi connectivity index (χ1n) is 7.42. The van der Waals surface area contributed by atoms with Gasteiger partial charge in [-0.15, -0.1) is 11.3 Å². The average molecular weight is 335 g/mol. The van der Waals surface area contributed by atoms with E-state index >= 15 is 0 Å². The van der Waals surface area contributed by atoms with E-state index in [1.807, 2.05) is 48.7 Å². The number of rotatable bonds is 2. The van der Waals surface area contributed by atoms with Crippen LogP contribution < -0.4 is 5.56 Å². The van der Waals surface area contributed by atoms with Gasteiger partial charge >= 0.3 is 5.97 Å². The largest absolute Gasteiger partial charge is 0.478 e. The van der Waals surface area contributed by atoms with E-state index in [0.29, 0.717) is 16.6 Å². The molecule has 4 nitrogen and oxygen atoms in total. The summed E-state index contributed by atoms with van der Waals surface area (Å²) in [5, 5.41) is 12.5. The summed E-state index contributed by atoms with van der Waals surface area (Å²) in [7, 11) is 0. The van der Waals surface area contributed by atoms with Crippen molar-refractivity contribution in [2.75, 3.05) is 0 Å². The maximum atomic E-state index is 12.9. The van der Waals surface area contributed by atoms with E-state index in [9.17, 15) is 14.7 Å². The number of hydrogen-bond acceptors (Lipinski definition) is 3. The summed E-state index contributed by atoms with van der Waals surface area (Å²) in [5.41, 5.74) is 2.57. The van der Waals surface area contributed by atoms with Gasteiger partial charge in [0.2, 0.25) is 0 Å². The number of aromatic carboxylic acids is 1. The number of fused-ring (bicyclic) bond motifs is 3. The van der Waals surface area contributed by atoms with Gasteiger partial charge < -0.3 is 5.11 Å². The third kappa shape index (κ3) is 2.13. The lowest BCUT2D eigenvalue weighted by atomic mass is 10.0. The summed E-state index contributed by atoms with van der Waals surface area (Å²) in [6, 6.07) is 12.7. The van der Waals surface area contributed by atoms with E-state index in [1.165, 1.54) is 21.8 Å². The average Bonchev–Trinajstić information content (AvgIpc) is 3.04. The van der Waals surface area contributed by atoms with Gasteiger partial charge in [-0.1, -0.05) is 29.8 Å². The van der Waals surface area contributed by atoms with Crippen LogP contribution >= 0.6 is 11.3 Å². The molecular weight excluding hydrogens is 322 g/mol. The Balaban J connectivity index is 2.16. The van der Waals surface area contributed by atoms with E-state index in [-0.39, 0.29) is 11.1 Å². The summed E-state index contributed by atoms with van der Waals surface area (Å²) in [4.78, 5) is 24.7. The molecule has 0 aliphatic heterocycles. The first-order chi connectivity index (χ1) is 11.6. The van der Waals surface area contributed by atoms with Gasteiger partial charge in [0, 0.05) is 11.8 Å². The van der Waals surface area contributed by atoms with E-state index in [1.54, 1.807) is 6.20 Å². The highest BCUT2D eigenvalue weighted by molar-refractivity contribution is 7.18. The van der Waals surface area contributed by atoms with Crippen molar-refractivity contribution in [3.8, 4) is 11.1 Å². The molecule has 0 aliphatic carbocycles. The normalized spacial score (nSPS) is 11.2. The molecule has 4 aromatic rings. The zero-order chi connectivity index (χ0) is 16.8. The Labute approximate surface area is 141 Å². The van der Waals surface area contributed by atoms with Crippen LogP contribution in [0.3, 0.4) is 0 Å². The zero-order valence-corrected chi connectivity index (χ0v) is 13.6. The van der Waals surface area contributed by atoms with E-state index in [4.69, 9.17) is 0 Å². The highest BCUT2D eigenvalue weighted by Crippen LogP contribution is 2.29. The molecule has 118 valence electrons. The van der Waals surface area contributed by atoms with Crippen molar-refractivity contribution >= 4 is 32.9 Å². The van der Waals surface area contributed by atoms with Crippen molar-refractivity contribution in [3.63, 3.8) is 0 Å². The number of carboxylic acids is 1. The van der Waals surface area contributed by atoms with Gasteiger partial charge in [0.15, 0.2) is 0 Å². The molecule has 3 heterocycles. The first-order valence-corrected chi connectivity index (χ1v) is 8.30. The SMILES string of the molecule is Cc1ccc(-c2cc(C(=O)O)c3c4sccc4ccn3c2=O)cc1. The molecule has 4 rings (SSSR count). The van der Waals surface area contributed by atoms with E-state index in [0.717, 1.165) is 15.6 Å². The molecule has 0 bridgehead atoms. The van der Waals surface area contributed by atoms with Crippen LogP contribution in [0.15, 0.2) is 58.8 Å². The van der Waals surface area contributed by atoms with Gasteiger partial charge in [0.25, 0.3) is 5.56 Å². The number of aromatic nitrogens is 1. The minimum Gasteiger partial charge on any atom is -0.478 e. The van der Waals surface area contributed by atoms with Crippen molar-refractivity contribution in [1.29, 1.82) is 0 Å². The molecule has 0 amide bonds. The van der Waals surface area contributed by atoms with Crippen molar-refractivity contribution in [3.05, 3.63) is 75.5 Å². The Morgan fingerprint density at radius 2 is 1.88 bits per heavy atom. The summed E-state index contributed by atoms with van der Waals surface area (Å²) in [6.07, 6.45) is 1.65. The van der Waals surface area contributed by atoms with E-state index < -0.39 is 5.97 Å². The molecule has 3 aromatic heterocycles. The number of carbonyl (C=O) groups is 1. The van der Waals surface area contributed by atoms with Crippen LogP contribution in [0.1, 0.15) is 15.9 Å². The fourth-order valence-electron chi connectivity index (χ4n) is 2.91. The third-order valence-electron chi connectivity index (χ3n) is 4.14. The Morgan fingerprint density at radius 1 is 1.12 bits per heavy atom. The lowest BCUT2D eigenvalue weighted by Crippen LogP contribution is -2.18. The second kappa shape index (κ2) is 5.32. The highest BCUT2D eigenvalue weighted by atomic mass is 32.1. The highest BCUT2D eigenvalue weighted by Gasteiger charge is 2.18. The summed E-state index contributed by atoms with van der Waals surface area (Å²) < 4.78 is 2.25. The van der Waals surface area contributed by atoms with Crippen molar-refractivity contribution in [2.45, 2.75) is 6.92 Å². The molecular formula is C19H13NO3S. The van der Waals surface area contributed by atoms with Gasteiger partial charge in [0.05, 0.1) is 15.8 Å². The first kappa shape index (κ1) is 14.7. The Hall–Kier alpha value is -2.92. The molecule has 0 unspecified atom stereocenters. The lowest BCUT2D eigenvalue weighted by Gasteiger charge is -2.10. The summed E-state index contributed by atoms with van der Waals surface area (Å²) in [5.74, 6) is -1.04. The zero-order valence-electron chi connectivity index (χ0n) is 12.8. The van der Waals surface area contributed by atoms with Crippen LogP contribution in [0.25, 0.3) is 26.7 Å². The standard InChI is InChI=1S/C19H13NO3S/c1-11-2-4-12(5-3-11)14-10-15(19(22)23)16-17-13(7-9-24-17)6-8-20(16)18(14)21/h2-10H,1H3,(H,22,23). The molecule has 1 aromatic carbocycles. The summed E-state index contributed by atoms with van der Waals surface area (Å²) >= 11 is 1.44. The lowest BCUT2D eigenvalue weighted by molar-refractivity contribution is 0.0698. The molecule has 0 aliphatic rings. The fraction of sp³-hybridized carbons (Fsp3) is 0.0526. The number of pyridine rings is 2. The van der Waals surface area contributed by atoms with Crippen molar-refractivity contribution in [1.82, 2.24) is 4.40 Å². The Bertz CT molecular complexity index is 1150. The predicted molar refractivity (Wildman–Crippen MR) is 96.2 cm³/mol. The topological polar surface area (TPSA) is 58.8 Å². The maximum absolute atomic E-state index is 12.9. The number of thiophene rings is 1.